The lowest BCUT2D eigenvalue weighted by Gasteiger charge is -2.50. The summed E-state index contributed by atoms with van der Waals surface area (Å²) in [7, 11) is 0. The van der Waals surface area contributed by atoms with Gasteiger partial charge in [0, 0.05) is 44.7 Å². The van der Waals surface area contributed by atoms with Crippen LogP contribution in [0.5, 0.6) is 0 Å². The first-order valence-corrected chi connectivity index (χ1v) is 11.2. The number of likely N-dealkylation sites (tertiary alicyclic amines) is 2. The lowest BCUT2D eigenvalue weighted by Crippen LogP contribution is -2.57. The standard InChI is InChI=1S/C19H32N2O3.C2HF3O2/c22-18(21-8-1-2-9-21)13-23-15-19-7-3-11-24-17(19)6-10-20(14-19)12-16-4-5-16;3-2(4,5)1(6)7/h16-17H,1-15H2;(H,6,7). The zero-order valence-electron chi connectivity index (χ0n) is 17.9. The van der Waals surface area contributed by atoms with Crippen LogP contribution < -0.4 is 0 Å². The van der Waals surface area contributed by atoms with Gasteiger partial charge in [-0.05, 0) is 50.9 Å². The molecule has 3 saturated heterocycles. The topological polar surface area (TPSA) is 79.3 Å². The molecule has 0 aromatic rings. The molecule has 3 aliphatic heterocycles. The maximum Gasteiger partial charge on any atom is 0.490 e. The fourth-order valence-corrected chi connectivity index (χ4v) is 4.81. The number of alkyl halides is 3. The second kappa shape index (κ2) is 10.5. The van der Waals surface area contributed by atoms with E-state index in [1.54, 1.807) is 0 Å². The number of nitrogens with zero attached hydrogens (tertiary/aromatic N) is 2. The van der Waals surface area contributed by atoms with Crippen LogP contribution in [-0.2, 0) is 19.1 Å². The lowest BCUT2D eigenvalue weighted by atomic mass is 9.73. The zero-order valence-corrected chi connectivity index (χ0v) is 17.9. The molecule has 0 aromatic heterocycles. The molecular formula is C21H33F3N2O5. The molecule has 1 aliphatic carbocycles. The van der Waals surface area contributed by atoms with Crippen LogP contribution in [0.4, 0.5) is 13.2 Å². The van der Waals surface area contributed by atoms with Gasteiger partial charge in [0.2, 0.25) is 5.91 Å². The lowest BCUT2D eigenvalue weighted by molar-refractivity contribution is -0.192. The number of carbonyl (C=O) groups is 2. The minimum Gasteiger partial charge on any atom is -0.475 e. The van der Waals surface area contributed by atoms with Crippen LogP contribution >= 0.6 is 0 Å². The van der Waals surface area contributed by atoms with Crippen LogP contribution in [-0.4, -0.2) is 91.6 Å². The number of halogens is 3. The van der Waals surface area contributed by atoms with E-state index in [0.29, 0.717) is 12.7 Å². The number of fused-ring (bicyclic) bond motifs is 1. The third-order valence-electron chi connectivity index (χ3n) is 6.60. The summed E-state index contributed by atoms with van der Waals surface area (Å²) in [6.45, 7) is 7.14. The van der Waals surface area contributed by atoms with Crippen molar-refractivity contribution in [3.8, 4) is 0 Å². The highest BCUT2D eigenvalue weighted by Crippen LogP contribution is 2.42. The predicted molar refractivity (Wildman–Crippen MR) is 106 cm³/mol. The van der Waals surface area contributed by atoms with E-state index < -0.39 is 12.1 Å². The number of piperidine rings is 1. The van der Waals surface area contributed by atoms with E-state index in [-0.39, 0.29) is 17.9 Å². The van der Waals surface area contributed by atoms with Crippen molar-refractivity contribution >= 4 is 11.9 Å². The number of carboxylic acid groups (broad SMARTS) is 1. The van der Waals surface area contributed by atoms with E-state index >= 15 is 0 Å². The first-order chi connectivity index (χ1) is 14.7. The smallest absolute Gasteiger partial charge is 0.475 e. The van der Waals surface area contributed by atoms with Crippen molar-refractivity contribution in [2.45, 2.75) is 57.2 Å². The minimum absolute atomic E-state index is 0.108. The molecule has 2 unspecified atom stereocenters. The molecule has 1 N–H and O–H groups in total. The van der Waals surface area contributed by atoms with Gasteiger partial charge in [-0.1, -0.05) is 0 Å². The van der Waals surface area contributed by atoms with Gasteiger partial charge < -0.3 is 24.4 Å². The molecule has 10 heteroatoms. The summed E-state index contributed by atoms with van der Waals surface area (Å²) in [6.07, 6.45) is 3.76. The maximum atomic E-state index is 12.2. The molecular weight excluding hydrogens is 417 g/mol. The molecule has 1 saturated carbocycles. The molecule has 4 rings (SSSR count). The summed E-state index contributed by atoms with van der Waals surface area (Å²) in [4.78, 5) is 25.7. The van der Waals surface area contributed by atoms with E-state index in [9.17, 15) is 18.0 Å². The maximum absolute atomic E-state index is 12.2. The largest absolute Gasteiger partial charge is 0.490 e. The highest BCUT2D eigenvalue weighted by atomic mass is 19.4. The van der Waals surface area contributed by atoms with E-state index in [2.05, 4.69) is 4.90 Å². The third kappa shape index (κ3) is 7.05. The van der Waals surface area contributed by atoms with Crippen LogP contribution in [0.1, 0.15) is 44.9 Å². The summed E-state index contributed by atoms with van der Waals surface area (Å²) in [5, 5.41) is 7.12. The second-order valence-corrected chi connectivity index (χ2v) is 9.18. The molecule has 0 aromatic carbocycles. The number of ether oxygens (including phenoxy) is 2. The van der Waals surface area contributed by atoms with Gasteiger partial charge in [-0.3, -0.25) is 4.79 Å². The van der Waals surface area contributed by atoms with Crippen molar-refractivity contribution in [1.29, 1.82) is 0 Å². The Kier molecular flexibility index (Phi) is 8.20. The number of hydrogen-bond donors (Lipinski definition) is 1. The monoisotopic (exact) mass is 450 g/mol. The first-order valence-electron chi connectivity index (χ1n) is 11.2. The van der Waals surface area contributed by atoms with Crippen LogP contribution in [0.15, 0.2) is 0 Å². The highest BCUT2D eigenvalue weighted by molar-refractivity contribution is 5.77. The van der Waals surface area contributed by atoms with Crippen molar-refractivity contribution in [2.75, 3.05) is 52.5 Å². The second-order valence-electron chi connectivity index (χ2n) is 9.18. The molecule has 0 radical (unpaired) electrons. The normalized spacial score (nSPS) is 29.1. The fraction of sp³-hybridized carbons (Fsp3) is 0.905. The summed E-state index contributed by atoms with van der Waals surface area (Å²) in [6, 6.07) is 0. The molecule has 4 fully saturated rings. The molecule has 0 bridgehead atoms. The van der Waals surface area contributed by atoms with Gasteiger partial charge in [-0.25, -0.2) is 4.79 Å². The molecule has 3 heterocycles. The van der Waals surface area contributed by atoms with Crippen LogP contribution in [0.2, 0.25) is 0 Å². The van der Waals surface area contributed by atoms with E-state index in [4.69, 9.17) is 19.4 Å². The molecule has 1 amide bonds. The Balaban J connectivity index is 0.000000339. The summed E-state index contributed by atoms with van der Waals surface area (Å²) < 4.78 is 43.8. The minimum atomic E-state index is -5.08. The van der Waals surface area contributed by atoms with Gasteiger partial charge in [-0.2, -0.15) is 13.2 Å². The number of hydrogen-bond acceptors (Lipinski definition) is 5. The fourth-order valence-electron chi connectivity index (χ4n) is 4.81. The molecule has 31 heavy (non-hydrogen) atoms. The van der Waals surface area contributed by atoms with Gasteiger partial charge in [0.15, 0.2) is 0 Å². The summed E-state index contributed by atoms with van der Waals surface area (Å²) >= 11 is 0. The molecule has 0 spiro atoms. The van der Waals surface area contributed by atoms with Crippen molar-refractivity contribution in [2.24, 2.45) is 11.3 Å². The number of amides is 1. The Morgan fingerprint density at radius 1 is 1.10 bits per heavy atom. The van der Waals surface area contributed by atoms with E-state index in [1.807, 2.05) is 4.90 Å². The van der Waals surface area contributed by atoms with Gasteiger partial charge >= 0.3 is 12.1 Å². The van der Waals surface area contributed by atoms with E-state index in [1.165, 1.54) is 25.8 Å². The van der Waals surface area contributed by atoms with Crippen molar-refractivity contribution in [1.82, 2.24) is 9.80 Å². The van der Waals surface area contributed by atoms with Crippen molar-refractivity contribution < 1.29 is 37.3 Å². The number of carbonyl (C=O) groups excluding carboxylic acids is 1. The quantitative estimate of drug-likeness (QED) is 0.670. The van der Waals surface area contributed by atoms with Gasteiger partial charge in [0.05, 0.1) is 12.7 Å². The Morgan fingerprint density at radius 2 is 1.77 bits per heavy atom. The van der Waals surface area contributed by atoms with Crippen molar-refractivity contribution in [3.63, 3.8) is 0 Å². The van der Waals surface area contributed by atoms with Gasteiger partial charge in [0.25, 0.3) is 0 Å². The van der Waals surface area contributed by atoms with Crippen LogP contribution in [0.3, 0.4) is 0 Å². The highest BCUT2D eigenvalue weighted by Gasteiger charge is 2.47. The Hall–Kier alpha value is -1.39. The molecule has 4 aliphatic rings. The Labute approximate surface area is 180 Å². The zero-order chi connectivity index (χ0) is 22.5. The van der Waals surface area contributed by atoms with E-state index in [0.717, 1.165) is 64.4 Å². The number of carboxylic acids is 1. The predicted octanol–water partition coefficient (Wildman–Crippen LogP) is 2.54. The van der Waals surface area contributed by atoms with Crippen molar-refractivity contribution in [3.05, 3.63) is 0 Å². The molecule has 7 nitrogen and oxygen atoms in total. The Morgan fingerprint density at radius 3 is 2.39 bits per heavy atom. The Bertz CT molecular complexity index is 623. The van der Waals surface area contributed by atoms with Gasteiger partial charge in [0.1, 0.15) is 6.61 Å². The summed E-state index contributed by atoms with van der Waals surface area (Å²) in [5.74, 6) is -1.66. The average Bonchev–Trinajstić information content (AvgIpc) is 3.35. The average molecular weight is 450 g/mol. The number of aliphatic carboxylic acids is 1. The number of rotatable bonds is 6. The van der Waals surface area contributed by atoms with Crippen LogP contribution in [0, 0.1) is 11.3 Å². The van der Waals surface area contributed by atoms with Gasteiger partial charge in [-0.15, -0.1) is 0 Å². The first kappa shape index (κ1) is 24.3. The molecule has 178 valence electrons. The summed E-state index contributed by atoms with van der Waals surface area (Å²) in [5.41, 5.74) is 0.108. The van der Waals surface area contributed by atoms with Crippen LogP contribution in [0.25, 0.3) is 0 Å². The molecule has 2 atom stereocenters. The SMILES string of the molecule is O=C(COCC12CCCOC1CCN(CC1CC1)C2)N1CCCC1.O=C(O)C(F)(F)F. The third-order valence-corrected chi connectivity index (χ3v) is 6.60.